The standard InChI is InChI=1S/C10H7BrN2O/c11-10-12-6-5-9(13-10)7-1-3-8(14)4-2-7/h1-6,14H. The Kier molecular flexibility index (Phi) is 2.45. The Bertz CT molecular complexity index is 442. The van der Waals surface area contributed by atoms with E-state index in [9.17, 15) is 0 Å². The van der Waals surface area contributed by atoms with E-state index in [1.807, 2.05) is 18.2 Å². The first kappa shape index (κ1) is 9.15. The Hall–Kier alpha value is -1.42. The van der Waals surface area contributed by atoms with Crippen molar-refractivity contribution in [1.29, 1.82) is 0 Å². The van der Waals surface area contributed by atoms with Gasteiger partial charge in [-0.1, -0.05) is 0 Å². The van der Waals surface area contributed by atoms with Crippen LogP contribution >= 0.6 is 15.9 Å². The van der Waals surface area contributed by atoms with Gasteiger partial charge in [0.2, 0.25) is 0 Å². The lowest BCUT2D eigenvalue weighted by molar-refractivity contribution is 0.475. The van der Waals surface area contributed by atoms with E-state index in [-0.39, 0.29) is 5.75 Å². The average Bonchev–Trinajstić information content (AvgIpc) is 2.19. The number of halogens is 1. The summed E-state index contributed by atoms with van der Waals surface area (Å²) in [5.74, 6) is 0.252. The van der Waals surface area contributed by atoms with Crippen molar-refractivity contribution in [3.63, 3.8) is 0 Å². The highest BCUT2D eigenvalue weighted by Crippen LogP contribution is 2.20. The number of aromatic hydroxyl groups is 1. The minimum atomic E-state index is 0.252. The van der Waals surface area contributed by atoms with Gasteiger partial charge < -0.3 is 5.11 Å². The number of benzene rings is 1. The number of aromatic nitrogens is 2. The Morgan fingerprint density at radius 1 is 1.07 bits per heavy atom. The summed E-state index contributed by atoms with van der Waals surface area (Å²) in [4.78, 5) is 8.14. The van der Waals surface area contributed by atoms with Crippen LogP contribution in [0.5, 0.6) is 5.75 Å². The molecule has 0 saturated carbocycles. The van der Waals surface area contributed by atoms with Crippen LogP contribution in [0.1, 0.15) is 0 Å². The molecule has 3 nitrogen and oxygen atoms in total. The third-order valence-corrected chi connectivity index (χ3v) is 2.17. The van der Waals surface area contributed by atoms with E-state index >= 15 is 0 Å². The van der Waals surface area contributed by atoms with Crippen LogP contribution in [0, 0.1) is 0 Å². The minimum Gasteiger partial charge on any atom is -0.508 e. The van der Waals surface area contributed by atoms with Crippen LogP contribution in [-0.4, -0.2) is 15.1 Å². The molecule has 2 aromatic rings. The summed E-state index contributed by atoms with van der Waals surface area (Å²) in [5, 5.41) is 9.12. The monoisotopic (exact) mass is 250 g/mol. The number of hydrogen-bond acceptors (Lipinski definition) is 3. The highest BCUT2D eigenvalue weighted by molar-refractivity contribution is 9.10. The minimum absolute atomic E-state index is 0.252. The number of hydrogen-bond donors (Lipinski definition) is 1. The second kappa shape index (κ2) is 3.75. The topological polar surface area (TPSA) is 46.0 Å². The quantitative estimate of drug-likeness (QED) is 0.792. The first-order valence-corrected chi connectivity index (χ1v) is 4.83. The van der Waals surface area contributed by atoms with Gasteiger partial charge in [-0.3, -0.25) is 0 Å². The fraction of sp³-hybridized carbons (Fsp3) is 0. The molecule has 0 unspecified atom stereocenters. The summed E-state index contributed by atoms with van der Waals surface area (Å²) in [5.41, 5.74) is 1.78. The number of phenols is 1. The van der Waals surface area contributed by atoms with Gasteiger partial charge in [0, 0.05) is 11.8 Å². The molecule has 1 aromatic heterocycles. The van der Waals surface area contributed by atoms with Gasteiger partial charge in [0.25, 0.3) is 0 Å². The van der Waals surface area contributed by atoms with Gasteiger partial charge >= 0.3 is 0 Å². The van der Waals surface area contributed by atoms with Crippen LogP contribution in [-0.2, 0) is 0 Å². The molecule has 0 bridgehead atoms. The van der Waals surface area contributed by atoms with Crippen LogP contribution in [0.3, 0.4) is 0 Å². The van der Waals surface area contributed by atoms with Crippen LogP contribution in [0.2, 0.25) is 0 Å². The number of phenolic OH excluding ortho intramolecular Hbond substituents is 1. The van der Waals surface area contributed by atoms with Crippen molar-refractivity contribution in [2.75, 3.05) is 0 Å². The molecular formula is C10H7BrN2O. The zero-order valence-electron chi connectivity index (χ0n) is 7.18. The van der Waals surface area contributed by atoms with Crippen molar-refractivity contribution in [3.8, 4) is 17.0 Å². The lowest BCUT2D eigenvalue weighted by atomic mass is 10.1. The molecule has 1 N–H and O–H groups in total. The Balaban J connectivity index is 2.44. The normalized spacial score (nSPS) is 10.1. The predicted octanol–water partition coefficient (Wildman–Crippen LogP) is 2.61. The van der Waals surface area contributed by atoms with E-state index in [0.717, 1.165) is 11.3 Å². The molecule has 4 heteroatoms. The second-order valence-electron chi connectivity index (χ2n) is 2.76. The summed E-state index contributed by atoms with van der Waals surface area (Å²) in [6.45, 7) is 0. The molecule has 14 heavy (non-hydrogen) atoms. The van der Waals surface area contributed by atoms with E-state index < -0.39 is 0 Å². The van der Waals surface area contributed by atoms with Crippen LogP contribution in [0.25, 0.3) is 11.3 Å². The van der Waals surface area contributed by atoms with Crippen LogP contribution in [0.15, 0.2) is 41.3 Å². The second-order valence-corrected chi connectivity index (χ2v) is 3.47. The van der Waals surface area contributed by atoms with Crippen molar-refractivity contribution in [3.05, 3.63) is 41.3 Å². The molecule has 1 aromatic carbocycles. The van der Waals surface area contributed by atoms with Gasteiger partial charge in [-0.2, -0.15) is 0 Å². The van der Waals surface area contributed by atoms with E-state index in [1.165, 1.54) is 0 Å². The molecule has 0 aliphatic carbocycles. The summed E-state index contributed by atoms with van der Waals surface area (Å²) >= 11 is 3.20. The van der Waals surface area contributed by atoms with Gasteiger partial charge in [0.05, 0.1) is 5.69 Å². The maximum atomic E-state index is 9.12. The Labute approximate surface area is 89.6 Å². The lowest BCUT2D eigenvalue weighted by Crippen LogP contribution is -1.85. The molecule has 0 radical (unpaired) electrons. The summed E-state index contributed by atoms with van der Waals surface area (Å²) in [6, 6.07) is 8.70. The van der Waals surface area contributed by atoms with E-state index in [2.05, 4.69) is 25.9 Å². The van der Waals surface area contributed by atoms with Crippen LogP contribution < -0.4 is 0 Å². The molecule has 0 fully saturated rings. The van der Waals surface area contributed by atoms with E-state index in [1.54, 1.807) is 18.3 Å². The maximum absolute atomic E-state index is 9.12. The van der Waals surface area contributed by atoms with Gasteiger partial charge in [-0.05, 0) is 46.3 Å². The third-order valence-electron chi connectivity index (χ3n) is 1.79. The molecule has 1 heterocycles. The van der Waals surface area contributed by atoms with Crippen molar-refractivity contribution in [2.24, 2.45) is 0 Å². The molecule has 0 atom stereocenters. The van der Waals surface area contributed by atoms with Gasteiger partial charge in [-0.15, -0.1) is 0 Å². The molecule has 0 aliphatic rings. The van der Waals surface area contributed by atoms with Crippen molar-refractivity contribution < 1.29 is 5.11 Å². The molecule has 2 rings (SSSR count). The summed E-state index contributed by atoms with van der Waals surface area (Å²) < 4.78 is 0.558. The van der Waals surface area contributed by atoms with Gasteiger partial charge in [0.15, 0.2) is 4.73 Å². The van der Waals surface area contributed by atoms with Crippen molar-refractivity contribution in [2.45, 2.75) is 0 Å². The Morgan fingerprint density at radius 3 is 2.43 bits per heavy atom. The first-order chi connectivity index (χ1) is 6.75. The van der Waals surface area contributed by atoms with E-state index in [0.29, 0.717) is 4.73 Å². The fourth-order valence-corrected chi connectivity index (χ4v) is 1.44. The number of rotatable bonds is 1. The van der Waals surface area contributed by atoms with Crippen molar-refractivity contribution >= 4 is 15.9 Å². The molecule has 0 saturated heterocycles. The predicted molar refractivity (Wildman–Crippen MR) is 56.8 cm³/mol. The molecule has 0 aliphatic heterocycles. The lowest BCUT2D eigenvalue weighted by Gasteiger charge is -2.00. The Morgan fingerprint density at radius 2 is 1.79 bits per heavy atom. The first-order valence-electron chi connectivity index (χ1n) is 4.03. The van der Waals surface area contributed by atoms with E-state index in [4.69, 9.17) is 5.11 Å². The highest BCUT2D eigenvalue weighted by atomic mass is 79.9. The zero-order valence-corrected chi connectivity index (χ0v) is 8.77. The molecule has 0 amide bonds. The fourth-order valence-electron chi connectivity index (χ4n) is 1.13. The molecule has 0 spiro atoms. The van der Waals surface area contributed by atoms with Crippen molar-refractivity contribution in [1.82, 2.24) is 9.97 Å². The maximum Gasteiger partial charge on any atom is 0.197 e. The zero-order chi connectivity index (χ0) is 9.97. The smallest absolute Gasteiger partial charge is 0.197 e. The third kappa shape index (κ3) is 1.90. The molecule has 70 valence electrons. The number of nitrogens with zero attached hydrogens (tertiary/aromatic N) is 2. The average molecular weight is 251 g/mol. The van der Waals surface area contributed by atoms with Gasteiger partial charge in [0.1, 0.15) is 5.75 Å². The summed E-state index contributed by atoms with van der Waals surface area (Å²) in [6.07, 6.45) is 1.68. The molecular weight excluding hydrogens is 244 g/mol. The SMILES string of the molecule is Oc1ccc(-c2ccnc(Br)n2)cc1. The van der Waals surface area contributed by atoms with Gasteiger partial charge in [-0.25, -0.2) is 9.97 Å². The largest absolute Gasteiger partial charge is 0.508 e. The highest BCUT2D eigenvalue weighted by Gasteiger charge is 1.99. The van der Waals surface area contributed by atoms with Crippen LogP contribution in [0.4, 0.5) is 0 Å². The summed E-state index contributed by atoms with van der Waals surface area (Å²) in [7, 11) is 0.